The van der Waals surface area contributed by atoms with E-state index in [1.807, 2.05) is 39.0 Å². The van der Waals surface area contributed by atoms with Crippen LogP contribution in [0.5, 0.6) is 5.75 Å². The van der Waals surface area contributed by atoms with Gasteiger partial charge in [-0.2, -0.15) is 0 Å². The number of ether oxygens (including phenoxy) is 1. The zero-order valence-corrected chi connectivity index (χ0v) is 8.59. The van der Waals surface area contributed by atoms with Crippen molar-refractivity contribution in [2.75, 3.05) is 7.11 Å². The molecule has 0 unspecified atom stereocenters. The van der Waals surface area contributed by atoms with Crippen LogP contribution in [0, 0.1) is 13.8 Å². The molecule has 0 saturated heterocycles. The summed E-state index contributed by atoms with van der Waals surface area (Å²) in [6, 6.07) is 2.01. The zero-order chi connectivity index (χ0) is 9.84. The lowest BCUT2D eigenvalue weighted by molar-refractivity contribution is 0.411. The Morgan fingerprint density at radius 3 is 2.62 bits per heavy atom. The van der Waals surface area contributed by atoms with Gasteiger partial charge >= 0.3 is 0 Å². The summed E-state index contributed by atoms with van der Waals surface area (Å²) in [6.07, 6.45) is 3.91. The molecule has 2 nitrogen and oxygen atoms in total. The third-order valence-electron chi connectivity index (χ3n) is 2.00. The van der Waals surface area contributed by atoms with Gasteiger partial charge in [0.2, 0.25) is 0 Å². The Hall–Kier alpha value is -1.31. The van der Waals surface area contributed by atoms with Gasteiger partial charge in [0.1, 0.15) is 11.4 Å². The lowest BCUT2D eigenvalue weighted by Crippen LogP contribution is -1.95. The normalized spacial score (nSPS) is 10.8. The van der Waals surface area contributed by atoms with Gasteiger partial charge in [0.25, 0.3) is 0 Å². The second-order valence-electron chi connectivity index (χ2n) is 2.98. The van der Waals surface area contributed by atoms with E-state index in [1.54, 1.807) is 7.11 Å². The first-order valence-electron chi connectivity index (χ1n) is 4.34. The molecule has 0 saturated carbocycles. The van der Waals surface area contributed by atoms with E-state index in [-0.39, 0.29) is 0 Å². The van der Waals surface area contributed by atoms with Crippen LogP contribution in [0.2, 0.25) is 0 Å². The van der Waals surface area contributed by atoms with Crippen LogP contribution in [0.15, 0.2) is 12.1 Å². The fraction of sp³-hybridized carbons (Fsp3) is 0.364. The molecule has 1 heterocycles. The van der Waals surface area contributed by atoms with Crippen LogP contribution in [-0.2, 0) is 0 Å². The highest BCUT2D eigenvalue weighted by molar-refractivity contribution is 5.54. The van der Waals surface area contributed by atoms with Crippen molar-refractivity contribution in [3.8, 4) is 5.75 Å². The number of hydrogen-bond donors (Lipinski definition) is 0. The van der Waals surface area contributed by atoms with Crippen LogP contribution in [0.1, 0.15) is 23.9 Å². The predicted molar refractivity (Wildman–Crippen MR) is 55.0 cm³/mol. The lowest BCUT2D eigenvalue weighted by Gasteiger charge is -2.07. The first-order valence-corrected chi connectivity index (χ1v) is 4.34. The summed E-state index contributed by atoms with van der Waals surface area (Å²) in [4.78, 5) is 4.42. The van der Waals surface area contributed by atoms with E-state index in [9.17, 15) is 0 Å². The number of allylic oxidation sites excluding steroid dienone is 1. The van der Waals surface area contributed by atoms with Crippen molar-refractivity contribution in [2.24, 2.45) is 0 Å². The molecule has 0 aromatic carbocycles. The zero-order valence-electron chi connectivity index (χ0n) is 8.59. The molecule has 0 aliphatic heterocycles. The Kier molecular flexibility index (Phi) is 3.07. The molecule has 0 amide bonds. The maximum atomic E-state index is 5.22. The van der Waals surface area contributed by atoms with Gasteiger partial charge in [-0.25, -0.2) is 4.98 Å². The molecule has 0 aliphatic carbocycles. The van der Waals surface area contributed by atoms with Crippen molar-refractivity contribution in [3.05, 3.63) is 29.1 Å². The molecule has 0 radical (unpaired) electrons. The Balaban J connectivity index is 3.24. The maximum absolute atomic E-state index is 5.22. The fourth-order valence-corrected chi connectivity index (χ4v) is 1.14. The van der Waals surface area contributed by atoms with E-state index in [2.05, 4.69) is 4.98 Å². The Morgan fingerprint density at radius 1 is 1.38 bits per heavy atom. The molecule has 0 atom stereocenters. The number of aromatic nitrogens is 1. The molecule has 70 valence electrons. The summed E-state index contributed by atoms with van der Waals surface area (Å²) in [5, 5.41) is 0. The van der Waals surface area contributed by atoms with Crippen molar-refractivity contribution in [1.29, 1.82) is 0 Å². The predicted octanol–water partition coefficient (Wildman–Crippen LogP) is 2.74. The topological polar surface area (TPSA) is 22.1 Å². The Bertz CT molecular complexity index is 329. The molecule has 0 fully saturated rings. The van der Waals surface area contributed by atoms with Crippen molar-refractivity contribution >= 4 is 6.08 Å². The van der Waals surface area contributed by atoms with Gasteiger partial charge in [-0.3, -0.25) is 0 Å². The summed E-state index contributed by atoms with van der Waals surface area (Å²) in [6.45, 7) is 6.00. The minimum absolute atomic E-state index is 0.834. The molecule has 0 N–H and O–H groups in total. The minimum Gasteiger partial charge on any atom is -0.494 e. The summed E-state index contributed by atoms with van der Waals surface area (Å²) in [7, 11) is 1.67. The highest BCUT2D eigenvalue weighted by atomic mass is 16.5. The second-order valence-corrected chi connectivity index (χ2v) is 2.98. The molecule has 0 aliphatic rings. The standard InChI is InChI=1S/C11H15NO/c1-5-6-10-11(13-4)7-8(2)9(3)12-10/h5-7H,1-4H3/b6-5-. The SMILES string of the molecule is C/C=C\c1nc(C)c(C)cc1OC. The summed E-state index contributed by atoms with van der Waals surface area (Å²) < 4.78 is 5.22. The summed E-state index contributed by atoms with van der Waals surface area (Å²) in [5.74, 6) is 0.834. The highest BCUT2D eigenvalue weighted by Crippen LogP contribution is 2.20. The number of hydrogen-bond acceptors (Lipinski definition) is 2. The second kappa shape index (κ2) is 4.08. The summed E-state index contributed by atoms with van der Waals surface area (Å²) >= 11 is 0. The average molecular weight is 177 g/mol. The van der Waals surface area contributed by atoms with Crippen molar-refractivity contribution in [1.82, 2.24) is 4.98 Å². The minimum atomic E-state index is 0.834. The van der Waals surface area contributed by atoms with Gasteiger partial charge in [-0.1, -0.05) is 6.08 Å². The van der Waals surface area contributed by atoms with E-state index >= 15 is 0 Å². The molecular weight excluding hydrogens is 162 g/mol. The first-order chi connectivity index (χ1) is 6.19. The fourth-order valence-electron chi connectivity index (χ4n) is 1.14. The van der Waals surface area contributed by atoms with Gasteiger partial charge in [0.05, 0.1) is 7.11 Å². The molecule has 0 bridgehead atoms. The molecule has 2 heteroatoms. The van der Waals surface area contributed by atoms with Gasteiger partial charge in [-0.15, -0.1) is 0 Å². The Morgan fingerprint density at radius 2 is 2.08 bits per heavy atom. The number of rotatable bonds is 2. The monoisotopic (exact) mass is 177 g/mol. The van der Waals surface area contributed by atoms with E-state index in [4.69, 9.17) is 4.74 Å². The van der Waals surface area contributed by atoms with Gasteiger partial charge in [-0.05, 0) is 38.5 Å². The Labute approximate surface area is 79.3 Å². The lowest BCUT2D eigenvalue weighted by atomic mass is 10.2. The molecule has 13 heavy (non-hydrogen) atoms. The first kappa shape index (κ1) is 9.78. The van der Waals surface area contributed by atoms with Crippen LogP contribution >= 0.6 is 0 Å². The molecule has 1 rings (SSSR count). The van der Waals surface area contributed by atoms with E-state index in [1.165, 1.54) is 0 Å². The van der Waals surface area contributed by atoms with E-state index < -0.39 is 0 Å². The van der Waals surface area contributed by atoms with Crippen molar-refractivity contribution in [3.63, 3.8) is 0 Å². The summed E-state index contributed by atoms with van der Waals surface area (Å²) in [5.41, 5.74) is 3.10. The van der Waals surface area contributed by atoms with E-state index in [0.29, 0.717) is 0 Å². The number of methoxy groups -OCH3 is 1. The van der Waals surface area contributed by atoms with Gasteiger partial charge < -0.3 is 4.74 Å². The molecular formula is C11H15NO. The molecule has 1 aromatic rings. The van der Waals surface area contributed by atoms with Crippen LogP contribution in [0.3, 0.4) is 0 Å². The number of pyridine rings is 1. The van der Waals surface area contributed by atoms with Crippen LogP contribution in [0.4, 0.5) is 0 Å². The van der Waals surface area contributed by atoms with Crippen molar-refractivity contribution < 1.29 is 4.74 Å². The number of nitrogens with zero attached hydrogens (tertiary/aromatic N) is 1. The third kappa shape index (κ3) is 2.08. The van der Waals surface area contributed by atoms with Crippen LogP contribution in [0.25, 0.3) is 6.08 Å². The van der Waals surface area contributed by atoms with Crippen LogP contribution in [-0.4, -0.2) is 12.1 Å². The van der Waals surface area contributed by atoms with Gasteiger partial charge in [0, 0.05) is 5.69 Å². The largest absolute Gasteiger partial charge is 0.494 e. The molecule has 0 spiro atoms. The maximum Gasteiger partial charge on any atom is 0.144 e. The van der Waals surface area contributed by atoms with Gasteiger partial charge in [0.15, 0.2) is 0 Å². The van der Waals surface area contributed by atoms with Crippen LogP contribution < -0.4 is 4.74 Å². The number of aryl methyl sites for hydroxylation is 2. The molecule has 1 aromatic heterocycles. The third-order valence-corrected chi connectivity index (χ3v) is 2.00. The van der Waals surface area contributed by atoms with Crippen molar-refractivity contribution in [2.45, 2.75) is 20.8 Å². The smallest absolute Gasteiger partial charge is 0.144 e. The van der Waals surface area contributed by atoms with E-state index in [0.717, 1.165) is 22.7 Å². The quantitative estimate of drug-likeness (QED) is 0.693. The average Bonchev–Trinajstić information content (AvgIpc) is 2.11. The highest BCUT2D eigenvalue weighted by Gasteiger charge is 2.03.